The summed E-state index contributed by atoms with van der Waals surface area (Å²) in [6, 6.07) is 12.1. The average Bonchev–Trinajstić information content (AvgIpc) is 3.48. The largest absolute Gasteiger partial charge is 0.495 e. The molecule has 2 amide bonds. The zero-order valence-corrected chi connectivity index (χ0v) is 20.6. The number of ether oxygens (including phenoxy) is 1. The van der Waals surface area contributed by atoms with Crippen molar-refractivity contribution in [1.82, 2.24) is 25.1 Å². The van der Waals surface area contributed by atoms with Gasteiger partial charge in [-0.1, -0.05) is 18.7 Å². The number of H-pyrrole nitrogens is 1. The Hall–Kier alpha value is -4.64. The number of carbonyl (C=O) groups excluding carboxylic acids is 2. The number of nitrogens with zero attached hydrogens (tertiary/aromatic N) is 4. The van der Waals surface area contributed by atoms with Crippen LogP contribution in [0, 0.1) is 0 Å². The van der Waals surface area contributed by atoms with Gasteiger partial charge in [0.15, 0.2) is 0 Å². The molecule has 6 N–H and O–H groups in total. The van der Waals surface area contributed by atoms with E-state index in [-0.39, 0.29) is 23.6 Å². The highest BCUT2D eigenvalue weighted by Gasteiger charge is 2.25. The maximum atomic E-state index is 12.9. The minimum Gasteiger partial charge on any atom is -0.495 e. The Kier molecular flexibility index (Phi) is 7.84. The Morgan fingerprint density at radius 2 is 2.14 bits per heavy atom. The highest BCUT2D eigenvalue weighted by atomic mass is 16.5. The Bertz CT molecular complexity index is 1300. The van der Waals surface area contributed by atoms with Gasteiger partial charge in [0.05, 0.1) is 35.9 Å². The van der Waals surface area contributed by atoms with E-state index in [9.17, 15) is 9.59 Å². The summed E-state index contributed by atoms with van der Waals surface area (Å²) in [7, 11) is 1.51. The quantitative estimate of drug-likeness (QED) is 0.208. The Labute approximate surface area is 214 Å². The lowest BCUT2D eigenvalue weighted by Gasteiger charge is -2.36. The lowest BCUT2D eigenvalue weighted by molar-refractivity contribution is -0.127. The number of benzene rings is 1. The number of piperidine rings is 1. The summed E-state index contributed by atoms with van der Waals surface area (Å²) in [5, 5.41) is 11.1. The molecule has 11 nitrogen and oxygen atoms in total. The molecule has 0 spiro atoms. The van der Waals surface area contributed by atoms with Crippen LogP contribution in [0.15, 0.2) is 67.5 Å². The van der Waals surface area contributed by atoms with Gasteiger partial charge in [-0.25, -0.2) is 10.8 Å². The predicted molar refractivity (Wildman–Crippen MR) is 141 cm³/mol. The molecule has 1 atom stereocenters. The molecule has 0 bridgehead atoms. The van der Waals surface area contributed by atoms with Crippen LogP contribution >= 0.6 is 0 Å². The summed E-state index contributed by atoms with van der Waals surface area (Å²) in [4.78, 5) is 31.0. The molecule has 11 heteroatoms. The molecule has 0 radical (unpaired) electrons. The van der Waals surface area contributed by atoms with Gasteiger partial charge in [-0.3, -0.25) is 14.7 Å². The molecule has 1 fully saturated rings. The fourth-order valence-electron chi connectivity index (χ4n) is 4.14. The van der Waals surface area contributed by atoms with Crippen molar-refractivity contribution in [2.24, 2.45) is 11.6 Å². The van der Waals surface area contributed by atoms with Gasteiger partial charge >= 0.3 is 0 Å². The molecule has 1 aliphatic heterocycles. The minimum atomic E-state index is -0.389. The standard InChI is InChI=1S/C26H30N8O3/c1-3-25(35)33-13-5-6-18(15-33)34(28)16-19(27)17-9-10-22(24(14-17)37-2)31-26(36)23-8-4-7-20(30-23)21-11-12-29-32-21/h3-4,7-12,14,16,18H,1,5-6,13,15,27-28H2,2H3,(H,29,32)(H,31,36)/b19-16-/t18-/m0/s1. The summed E-state index contributed by atoms with van der Waals surface area (Å²) < 4.78 is 5.50. The number of rotatable bonds is 8. The maximum Gasteiger partial charge on any atom is 0.274 e. The van der Waals surface area contributed by atoms with E-state index in [1.54, 1.807) is 64.8 Å². The van der Waals surface area contributed by atoms with Gasteiger partial charge in [0.2, 0.25) is 5.91 Å². The van der Waals surface area contributed by atoms with E-state index in [0.29, 0.717) is 47.2 Å². The third-order valence-corrected chi connectivity index (χ3v) is 6.13. The summed E-state index contributed by atoms with van der Waals surface area (Å²) in [6.07, 6.45) is 6.25. The van der Waals surface area contributed by atoms with Crippen LogP contribution in [-0.4, -0.2) is 63.1 Å². The van der Waals surface area contributed by atoms with Gasteiger partial charge < -0.3 is 25.7 Å². The number of hydrogen-bond acceptors (Lipinski definition) is 8. The molecule has 0 saturated carbocycles. The second-order valence-corrected chi connectivity index (χ2v) is 8.56. The molecule has 0 aliphatic carbocycles. The number of likely N-dealkylation sites (tertiary alicyclic amines) is 1. The summed E-state index contributed by atoms with van der Waals surface area (Å²) in [5.41, 5.74) is 9.44. The van der Waals surface area contributed by atoms with E-state index in [2.05, 4.69) is 27.1 Å². The van der Waals surface area contributed by atoms with E-state index in [1.165, 1.54) is 13.2 Å². The van der Waals surface area contributed by atoms with E-state index in [0.717, 1.165) is 12.8 Å². The van der Waals surface area contributed by atoms with Crippen molar-refractivity contribution in [2.45, 2.75) is 18.9 Å². The van der Waals surface area contributed by atoms with Crippen LogP contribution in [0.5, 0.6) is 5.75 Å². The number of nitrogens with two attached hydrogens (primary N) is 2. The first-order valence-electron chi connectivity index (χ1n) is 11.8. The number of aromatic nitrogens is 3. The molecular weight excluding hydrogens is 472 g/mol. The van der Waals surface area contributed by atoms with E-state index < -0.39 is 0 Å². The minimum absolute atomic E-state index is 0.0679. The number of aromatic amines is 1. The zero-order chi connectivity index (χ0) is 26.4. The highest BCUT2D eigenvalue weighted by molar-refractivity contribution is 6.04. The van der Waals surface area contributed by atoms with Crippen molar-refractivity contribution in [3.63, 3.8) is 0 Å². The second kappa shape index (κ2) is 11.4. The molecule has 192 valence electrons. The number of carbonyl (C=O) groups is 2. The van der Waals surface area contributed by atoms with E-state index in [1.807, 2.05) is 0 Å². The third-order valence-electron chi connectivity index (χ3n) is 6.13. The number of methoxy groups -OCH3 is 1. The maximum absolute atomic E-state index is 12.9. The number of hydrogen-bond donors (Lipinski definition) is 4. The SMILES string of the molecule is C=CC(=O)N1CCC[C@H](N(N)/C=C(\N)c2ccc(NC(=O)c3cccc(-c4ccn[nH]4)n3)c(OC)c2)C1. The van der Waals surface area contributed by atoms with Crippen molar-refractivity contribution < 1.29 is 14.3 Å². The first kappa shape index (κ1) is 25.5. The third kappa shape index (κ3) is 5.96. The zero-order valence-electron chi connectivity index (χ0n) is 20.6. The van der Waals surface area contributed by atoms with Crippen molar-refractivity contribution >= 4 is 23.2 Å². The van der Waals surface area contributed by atoms with Gasteiger partial charge in [-0.2, -0.15) is 5.10 Å². The van der Waals surface area contributed by atoms with Crippen molar-refractivity contribution in [1.29, 1.82) is 0 Å². The molecular formula is C26H30N8O3. The lowest BCUT2D eigenvalue weighted by Crippen LogP contribution is -2.50. The first-order chi connectivity index (χ1) is 17.9. The number of pyridine rings is 1. The van der Waals surface area contributed by atoms with Crippen LogP contribution in [0.4, 0.5) is 5.69 Å². The fraction of sp³-hybridized carbons (Fsp3) is 0.231. The van der Waals surface area contributed by atoms with Crippen LogP contribution in [0.25, 0.3) is 17.1 Å². The van der Waals surface area contributed by atoms with Crippen LogP contribution in [0.2, 0.25) is 0 Å². The fourth-order valence-corrected chi connectivity index (χ4v) is 4.14. The molecule has 1 aliphatic rings. The molecule has 3 aromatic rings. The van der Waals surface area contributed by atoms with Gasteiger partial charge in [-0.05, 0) is 49.2 Å². The molecule has 1 saturated heterocycles. The topological polar surface area (TPSA) is 155 Å². The first-order valence-corrected chi connectivity index (χ1v) is 11.8. The number of amides is 2. The normalized spacial score (nSPS) is 15.7. The monoisotopic (exact) mass is 502 g/mol. The van der Waals surface area contributed by atoms with Gasteiger partial charge in [-0.15, -0.1) is 0 Å². The molecule has 1 aromatic carbocycles. The smallest absolute Gasteiger partial charge is 0.274 e. The molecule has 4 rings (SSSR count). The van der Waals surface area contributed by atoms with Gasteiger partial charge in [0, 0.05) is 31.0 Å². The molecule has 0 unspecified atom stereocenters. The highest BCUT2D eigenvalue weighted by Crippen LogP contribution is 2.28. The van der Waals surface area contributed by atoms with Gasteiger partial charge in [0.25, 0.3) is 5.91 Å². The summed E-state index contributed by atoms with van der Waals surface area (Å²) in [5.74, 6) is 6.21. The Morgan fingerprint density at radius 3 is 2.86 bits per heavy atom. The van der Waals surface area contributed by atoms with Crippen LogP contribution in [0.3, 0.4) is 0 Å². The Balaban J connectivity index is 1.47. The molecule has 37 heavy (non-hydrogen) atoms. The predicted octanol–water partition coefficient (Wildman–Crippen LogP) is 2.34. The van der Waals surface area contributed by atoms with E-state index >= 15 is 0 Å². The molecule has 2 aromatic heterocycles. The second-order valence-electron chi connectivity index (χ2n) is 8.56. The summed E-state index contributed by atoms with van der Waals surface area (Å²) in [6.45, 7) is 4.73. The van der Waals surface area contributed by atoms with Crippen molar-refractivity contribution in [3.8, 4) is 17.1 Å². The van der Waals surface area contributed by atoms with E-state index in [4.69, 9.17) is 16.3 Å². The summed E-state index contributed by atoms with van der Waals surface area (Å²) >= 11 is 0. The van der Waals surface area contributed by atoms with Crippen LogP contribution < -0.4 is 21.6 Å². The van der Waals surface area contributed by atoms with Crippen LogP contribution in [-0.2, 0) is 4.79 Å². The van der Waals surface area contributed by atoms with Gasteiger partial charge in [0.1, 0.15) is 11.4 Å². The van der Waals surface area contributed by atoms with Crippen LogP contribution in [0.1, 0.15) is 28.9 Å². The average molecular weight is 503 g/mol. The number of anilines is 1. The van der Waals surface area contributed by atoms with Crippen molar-refractivity contribution in [2.75, 3.05) is 25.5 Å². The molecule has 3 heterocycles. The van der Waals surface area contributed by atoms with Crippen molar-refractivity contribution in [3.05, 3.63) is 78.8 Å². The lowest BCUT2D eigenvalue weighted by atomic mass is 10.0. The number of nitrogens with one attached hydrogen (secondary N) is 2. The number of hydrazine groups is 1. The Morgan fingerprint density at radius 1 is 1.30 bits per heavy atom.